The largest absolute Gasteiger partial charge is 0.280 e. The van der Waals surface area contributed by atoms with E-state index in [0.717, 1.165) is 51.3 Å². The number of pyridine rings is 1. The molecule has 0 fully saturated rings. The van der Waals surface area contributed by atoms with Crippen molar-refractivity contribution in [2.24, 2.45) is 9.98 Å². The van der Waals surface area contributed by atoms with Crippen LogP contribution < -0.4 is 0 Å². The molecule has 0 bridgehead atoms. The summed E-state index contributed by atoms with van der Waals surface area (Å²) in [4.78, 5) is 14.9. The van der Waals surface area contributed by atoms with Crippen molar-refractivity contribution < 1.29 is 0 Å². The maximum atomic E-state index is 5.26. The van der Waals surface area contributed by atoms with Crippen molar-refractivity contribution in [2.45, 2.75) is 26.8 Å². The second kappa shape index (κ2) is 14.9. The number of rotatable bonds is 9. The first kappa shape index (κ1) is 32.4. The maximum absolute atomic E-state index is 5.26. The molecule has 0 spiro atoms. The zero-order valence-electron chi connectivity index (χ0n) is 28.6. The Morgan fingerprint density at radius 2 is 1.48 bits per heavy atom. The number of aryl methyl sites for hydroxylation is 2. The van der Waals surface area contributed by atoms with Gasteiger partial charge in [0, 0.05) is 16.5 Å². The Kier molecular flexibility index (Phi) is 9.66. The number of hydrogen-bond donors (Lipinski definition) is 0. The third-order valence-electron chi connectivity index (χ3n) is 9.25. The quantitative estimate of drug-likeness (QED) is 0.144. The van der Waals surface area contributed by atoms with Gasteiger partial charge in [-0.05, 0) is 89.7 Å². The van der Waals surface area contributed by atoms with Crippen LogP contribution in [0.25, 0.3) is 38.9 Å². The number of aliphatic imine (C=N–C) groups is 2. The van der Waals surface area contributed by atoms with Crippen LogP contribution in [-0.2, 0) is 6.54 Å². The van der Waals surface area contributed by atoms with Crippen LogP contribution in [-0.4, -0.2) is 17.4 Å². The lowest BCUT2D eigenvalue weighted by Gasteiger charge is -2.17. The Balaban J connectivity index is 1.27. The number of allylic oxidation sites excluding steroid dienone is 6. The molecule has 0 saturated heterocycles. The van der Waals surface area contributed by atoms with E-state index in [1.807, 2.05) is 30.3 Å². The molecule has 6 aromatic rings. The van der Waals surface area contributed by atoms with Crippen LogP contribution in [0.4, 0.5) is 0 Å². The summed E-state index contributed by atoms with van der Waals surface area (Å²) in [5, 5.41) is 1.17. The molecule has 0 radical (unpaired) electrons. The van der Waals surface area contributed by atoms with Gasteiger partial charge < -0.3 is 0 Å². The minimum atomic E-state index is 0.498. The van der Waals surface area contributed by atoms with E-state index in [2.05, 4.69) is 159 Å². The van der Waals surface area contributed by atoms with Crippen LogP contribution in [0.5, 0.6) is 0 Å². The molecule has 0 saturated carbocycles. The highest BCUT2D eigenvalue weighted by Crippen LogP contribution is 2.38. The van der Waals surface area contributed by atoms with Gasteiger partial charge >= 0.3 is 0 Å². The fraction of sp³-hybridized carbons (Fsp3) is 0.0851. The van der Waals surface area contributed by atoms with Gasteiger partial charge in [-0.3, -0.25) is 9.98 Å². The van der Waals surface area contributed by atoms with Crippen LogP contribution in [0.15, 0.2) is 185 Å². The van der Waals surface area contributed by atoms with Crippen molar-refractivity contribution in [1.29, 1.82) is 0 Å². The van der Waals surface area contributed by atoms with Crippen molar-refractivity contribution in [3.8, 4) is 22.4 Å². The lowest BCUT2D eigenvalue weighted by Crippen LogP contribution is -2.01. The van der Waals surface area contributed by atoms with E-state index in [-0.39, 0.29) is 0 Å². The predicted octanol–water partition coefficient (Wildman–Crippen LogP) is 11.7. The number of para-hydroxylation sites is 1. The Morgan fingerprint density at radius 1 is 0.760 bits per heavy atom. The monoisotopic (exact) mass is 645 g/mol. The summed E-state index contributed by atoms with van der Waals surface area (Å²) >= 11 is 0. The first-order valence-corrected chi connectivity index (χ1v) is 17.0. The average Bonchev–Trinajstić information content (AvgIpc) is 3.43. The molecule has 242 valence electrons. The molecule has 1 heterocycles. The summed E-state index contributed by atoms with van der Waals surface area (Å²) in [6.45, 7) is 8.83. The van der Waals surface area contributed by atoms with Crippen LogP contribution in [0.1, 0.15) is 34.2 Å². The van der Waals surface area contributed by atoms with Gasteiger partial charge in [-0.2, -0.15) is 0 Å². The Morgan fingerprint density at radius 3 is 2.28 bits per heavy atom. The standard InChI is InChI=1S/C47H39N3/c1-33-16-10-11-25-41(33)46-34(2)42-26-12-13-27-43(42)50-47(46)40-24-14-17-35(30-40)32-49-45(38-20-8-5-9-21-38)31-44(48-3)39-23-15-22-37(28-29-39)36-18-6-4-7-19-36/h4-21,23-31H,3,22,32H2,1-2H3/b44-31-,49-45?. The molecule has 7 rings (SSSR count). The van der Waals surface area contributed by atoms with E-state index in [0.29, 0.717) is 6.54 Å². The topological polar surface area (TPSA) is 37.6 Å². The molecule has 3 nitrogen and oxygen atoms in total. The van der Waals surface area contributed by atoms with Crippen LogP contribution in [0.3, 0.4) is 0 Å². The smallest absolute Gasteiger partial charge is 0.0790 e. The van der Waals surface area contributed by atoms with Gasteiger partial charge in [-0.25, -0.2) is 4.98 Å². The van der Waals surface area contributed by atoms with Crippen molar-refractivity contribution in [2.75, 3.05) is 0 Å². The van der Waals surface area contributed by atoms with Gasteiger partial charge in [0.15, 0.2) is 0 Å². The highest BCUT2D eigenvalue weighted by Gasteiger charge is 2.17. The Bertz CT molecular complexity index is 2340. The van der Waals surface area contributed by atoms with E-state index >= 15 is 0 Å². The zero-order chi connectivity index (χ0) is 34.3. The Labute approximate surface area is 295 Å². The fourth-order valence-electron chi connectivity index (χ4n) is 6.60. The molecular weight excluding hydrogens is 607 g/mol. The molecule has 0 unspecified atom stereocenters. The maximum Gasteiger partial charge on any atom is 0.0790 e. The first-order chi connectivity index (χ1) is 24.6. The lowest BCUT2D eigenvalue weighted by atomic mass is 9.90. The molecule has 1 aliphatic carbocycles. The van der Waals surface area contributed by atoms with Gasteiger partial charge in [0.1, 0.15) is 0 Å². The number of fused-ring (bicyclic) bond motifs is 1. The van der Waals surface area contributed by atoms with Crippen molar-refractivity contribution in [3.63, 3.8) is 0 Å². The van der Waals surface area contributed by atoms with Crippen molar-refractivity contribution >= 4 is 28.9 Å². The number of nitrogens with zero attached hydrogens (tertiary/aromatic N) is 3. The van der Waals surface area contributed by atoms with E-state index in [9.17, 15) is 0 Å². The number of aromatic nitrogens is 1. The molecule has 0 atom stereocenters. The summed E-state index contributed by atoms with van der Waals surface area (Å²) in [6.07, 6.45) is 11.5. The summed E-state index contributed by atoms with van der Waals surface area (Å²) in [7, 11) is 0. The average molecular weight is 646 g/mol. The fourth-order valence-corrected chi connectivity index (χ4v) is 6.60. The van der Waals surface area contributed by atoms with Gasteiger partial charge in [-0.15, -0.1) is 0 Å². The molecule has 3 heteroatoms. The summed E-state index contributed by atoms with van der Waals surface area (Å²) < 4.78 is 0. The van der Waals surface area contributed by atoms with Crippen molar-refractivity contribution in [3.05, 3.63) is 203 Å². The Hall–Kier alpha value is -6.19. The minimum Gasteiger partial charge on any atom is -0.280 e. The van der Waals surface area contributed by atoms with Crippen LogP contribution >= 0.6 is 0 Å². The molecule has 0 N–H and O–H groups in total. The molecular formula is C47H39N3. The minimum absolute atomic E-state index is 0.498. The van der Waals surface area contributed by atoms with Gasteiger partial charge in [0.05, 0.1) is 29.2 Å². The van der Waals surface area contributed by atoms with Gasteiger partial charge in [0.2, 0.25) is 0 Å². The lowest BCUT2D eigenvalue weighted by molar-refractivity contribution is 1.07. The SMILES string of the molecule is C=N/C(=C\C(=NCc1cccc(-c2nc3ccccc3c(C)c2-c2ccccc2C)c1)c1ccccc1)C1=CC=C(c2ccccc2)CC=C1. The molecule has 1 aromatic heterocycles. The predicted molar refractivity (Wildman–Crippen MR) is 213 cm³/mol. The molecule has 50 heavy (non-hydrogen) atoms. The third-order valence-corrected chi connectivity index (χ3v) is 9.25. The molecule has 0 amide bonds. The summed E-state index contributed by atoms with van der Waals surface area (Å²) in [6, 6.07) is 46.4. The summed E-state index contributed by atoms with van der Waals surface area (Å²) in [5.74, 6) is 0. The number of hydrogen-bond acceptors (Lipinski definition) is 3. The number of benzene rings is 5. The van der Waals surface area contributed by atoms with E-state index in [1.54, 1.807) is 0 Å². The second-order valence-electron chi connectivity index (χ2n) is 12.5. The molecule has 0 aliphatic heterocycles. The highest BCUT2D eigenvalue weighted by atomic mass is 14.8. The molecule has 1 aliphatic rings. The van der Waals surface area contributed by atoms with E-state index in [1.165, 1.54) is 38.8 Å². The van der Waals surface area contributed by atoms with Crippen LogP contribution in [0, 0.1) is 13.8 Å². The van der Waals surface area contributed by atoms with Gasteiger partial charge in [-0.1, -0.05) is 146 Å². The van der Waals surface area contributed by atoms with Crippen LogP contribution in [0.2, 0.25) is 0 Å². The normalized spacial score (nSPS) is 13.5. The second-order valence-corrected chi connectivity index (χ2v) is 12.5. The first-order valence-electron chi connectivity index (χ1n) is 17.0. The van der Waals surface area contributed by atoms with Crippen molar-refractivity contribution in [1.82, 2.24) is 4.98 Å². The summed E-state index contributed by atoms with van der Waals surface area (Å²) in [5.41, 5.74) is 15.1. The van der Waals surface area contributed by atoms with Gasteiger partial charge in [0.25, 0.3) is 0 Å². The third kappa shape index (κ3) is 6.99. The van der Waals surface area contributed by atoms with E-state index in [4.69, 9.17) is 9.98 Å². The highest BCUT2D eigenvalue weighted by molar-refractivity contribution is 6.09. The van der Waals surface area contributed by atoms with E-state index < -0.39 is 0 Å². The zero-order valence-corrected chi connectivity index (χ0v) is 28.6. The molecule has 5 aromatic carbocycles.